The molecule has 2 aromatic carbocycles. The van der Waals surface area contributed by atoms with Crippen LogP contribution < -0.4 is 10.6 Å². The molecular formula is C16H16ClFN2O2. The predicted octanol–water partition coefficient (Wildman–Crippen LogP) is 2.86. The Balaban J connectivity index is 2.30. The molecule has 0 saturated carbocycles. The number of benzene rings is 2. The molecular weight excluding hydrogens is 307 g/mol. The van der Waals surface area contributed by atoms with E-state index < -0.39 is 12.1 Å². The van der Waals surface area contributed by atoms with Crippen LogP contribution in [0.3, 0.4) is 0 Å². The number of rotatable bonds is 5. The Morgan fingerprint density at radius 1 is 1.18 bits per heavy atom. The van der Waals surface area contributed by atoms with E-state index in [0.29, 0.717) is 16.1 Å². The van der Waals surface area contributed by atoms with Crippen molar-refractivity contribution in [1.82, 2.24) is 10.6 Å². The minimum absolute atomic E-state index is 0.143. The average molecular weight is 323 g/mol. The van der Waals surface area contributed by atoms with Crippen molar-refractivity contribution >= 4 is 17.6 Å². The van der Waals surface area contributed by atoms with Crippen LogP contribution in [-0.2, 0) is 0 Å². The molecule has 0 aliphatic carbocycles. The van der Waals surface area contributed by atoms with Crippen LogP contribution in [0.5, 0.6) is 0 Å². The quantitative estimate of drug-likeness (QED) is 0.792. The summed E-state index contributed by atoms with van der Waals surface area (Å²) in [5.41, 5.74) is 1.41. The summed E-state index contributed by atoms with van der Waals surface area (Å²) in [6.07, 6.45) is 0. The Kier molecular flexibility index (Phi) is 5.75. The summed E-state index contributed by atoms with van der Waals surface area (Å²) in [6, 6.07) is 12.0. The van der Waals surface area contributed by atoms with Crippen LogP contribution in [0.2, 0.25) is 5.02 Å². The molecule has 0 saturated heterocycles. The molecule has 2 amide bonds. The number of amides is 2. The molecule has 6 heteroatoms. The highest BCUT2D eigenvalue weighted by molar-refractivity contribution is 6.31. The number of nitrogens with one attached hydrogen (secondary N) is 2. The van der Waals surface area contributed by atoms with E-state index in [9.17, 15) is 9.18 Å². The molecule has 0 heterocycles. The van der Waals surface area contributed by atoms with Gasteiger partial charge in [0.2, 0.25) is 0 Å². The monoisotopic (exact) mass is 322 g/mol. The topological polar surface area (TPSA) is 61.4 Å². The highest BCUT2D eigenvalue weighted by atomic mass is 35.5. The third kappa shape index (κ3) is 4.19. The Morgan fingerprint density at radius 2 is 1.86 bits per heavy atom. The zero-order valence-electron chi connectivity index (χ0n) is 11.7. The van der Waals surface area contributed by atoms with Gasteiger partial charge < -0.3 is 15.7 Å². The summed E-state index contributed by atoms with van der Waals surface area (Å²) in [5, 5.41) is 14.5. The van der Waals surface area contributed by atoms with E-state index in [4.69, 9.17) is 16.7 Å². The number of halogens is 2. The van der Waals surface area contributed by atoms with Crippen LogP contribution >= 0.6 is 11.6 Å². The fourth-order valence-corrected chi connectivity index (χ4v) is 2.30. The van der Waals surface area contributed by atoms with Gasteiger partial charge in [-0.3, -0.25) is 0 Å². The fourth-order valence-electron chi connectivity index (χ4n) is 2.06. The van der Waals surface area contributed by atoms with Crippen molar-refractivity contribution in [3.63, 3.8) is 0 Å². The van der Waals surface area contributed by atoms with E-state index in [1.54, 1.807) is 30.3 Å². The lowest BCUT2D eigenvalue weighted by Gasteiger charge is -2.21. The lowest BCUT2D eigenvalue weighted by atomic mass is 9.98. The lowest BCUT2D eigenvalue weighted by molar-refractivity contribution is 0.232. The molecule has 0 bridgehead atoms. The third-order valence-corrected chi connectivity index (χ3v) is 3.44. The number of urea groups is 1. The number of hydrogen-bond acceptors (Lipinski definition) is 2. The first-order valence-electron chi connectivity index (χ1n) is 6.77. The molecule has 4 nitrogen and oxygen atoms in total. The first-order chi connectivity index (χ1) is 10.6. The van der Waals surface area contributed by atoms with Crippen LogP contribution in [0.1, 0.15) is 17.2 Å². The van der Waals surface area contributed by atoms with E-state index in [0.717, 1.165) is 0 Å². The van der Waals surface area contributed by atoms with Crippen LogP contribution in [0.4, 0.5) is 9.18 Å². The van der Waals surface area contributed by atoms with Gasteiger partial charge in [-0.05, 0) is 29.3 Å². The second kappa shape index (κ2) is 7.77. The maximum atomic E-state index is 13.1. The van der Waals surface area contributed by atoms with Gasteiger partial charge in [0.15, 0.2) is 0 Å². The van der Waals surface area contributed by atoms with Crippen molar-refractivity contribution in [3.8, 4) is 0 Å². The standard InChI is InChI=1S/C16H16ClFN2O2/c17-14-4-2-1-3-13(14)15(20-16(22)19-9-10-21)11-5-7-12(18)8-6-11/h1-8,15,21H,9-10H2,(H2,19,20,22). The Bertz CT molecular complexity index is 634. The molecule has 0 radical (unpaired) electrons. The van der Waals surface area contributed by atoms with Gasteiger partial charge in [0.05, 0.1) is 12.6 Å². The average Bonchev–Trinajstić information content (AvgIpc) is 2.52. The molecule has 2 aromatic rings. The Morgan fingerprint density at radius 3 is 2.50 bits per heavy atom. The summed E-state index contributed by atoms with van der Waals surface area (Å²) in [4.78, 5) is 11.9. The number of carbonyl (C=O) groups is 1. The fraction of sp³-hybridized carbons (Fsp3) is 0.188. The first-order valence-corrected chi connectivity index (χ1v) is 7.14. The smallest absolute Gasteiger partial charge is 0.315 e. The summed E-state index contributed by atoms with van der Waals surface area (Å²) in [6.45, 7) is -0.00871. The number of hydrogen-bond donors (Lipinski definition) is 3. The summed E-state index contributed by atoms with van der Waals surface area (Å²) in [5.74, 6) is -0.355. The van der Waals surface area contributed by atoms with Gasteiger partial charge in [0.25, 0.3) is 0 Å². The molecule has 1 atom stereocenters. The maximum Gasteiger partial charge on any atom is 0.315 e. The normalized spacial score (nSPS) is 11.8. The molecule has 22 heavy (non-hydrogen) atoms. The van der Waals surface area contributed by atoms with E-state index >= 15 is 0 Å². The second-order valence-electron chi connectivity index (χ2n) is 4.63. The minimum Gasteiger partial charge on any atom is -0.395 e. The SMILES string of the molecule is O=C(NCCO)NC(c1ccc(F)cc1)c1ccccc1Cl. The van der Waals surface area contributed by atoms with Gasteiger partial charge in [-0.1, -0.05) is 41.9 Å². The van der Waals surface area contributed by atoms with Crippen LogP contribution in [-0.4, -0.2) is 24.3 Å². The zero-order valence-corrected chi connectivity index (χ0v) is 12.5. The Hall–Kier alpha value is -2.11. The highest BCUT2D eigenvalue weighted by Crippen LogP contribution is 2.28. The molecule has 0 aliphatic rings. The van der Waals surface area contributed by atoms with Gasteiger partial charge in [0, 0.05) is 11.6 Å². The van der Waals surface area contributed by atoms with E-state index in [-0.39, 0.29) is 19.0 Å². The molecule has 0 aromatic heterocycles. The molecule has 0 spiro atoms. The van der Waals surface area contributed by atoms with Gasteiger partial charge >= 0.3 is 6.03 Å². The van der Waals surface area contributed by atoms with Crippen molar-refractivity contribution in [2.45, 2.75) is 6.04 Å². The van der Waals surface area contributed by atoms with Gasteiger partial charge in [-0.15, -0.1) is 0 Å². The van der Waals surface area contributed by atoms with Crippen LogP contribution in [0.25, 0.3) is 0 Å². The lowest BCUT2D eigenvalue weighted by Crippen LogP contribution is -2.39. The number of aliphatic hydroxyl groups excluding tert-OH is 1. The van der Waals surface area contributed by atoms with Gasteiger partial charge in [-0.2, -0.15) is 0 Å². The Labute approximate surface area is 132 Å². The maximum absolute atomic E-state index is 13.1. The van der Waals surface area contributed by atoms with Gasteiger partial charge in [0.1, 0.15) is 5.82 Å². The number of aliphatic hydroxyl groups is 1. The highest BCUT2D eigenvalue weighted by Gasteiger charge is 2.19. The second-order valence-corrected chi connectivity index (χ2v) is 5.04. The van der Waals surface area contributed by atoms with Crippen molar-refractivity contribution in [3.05, 3.63) is 70.5 Å². The van der Waals surface area contributed by atoms with E-state index in [1.807, 2.05) is 6.07 Å². The molecule has 0 aliphatic heterocycles. The van der Waals surface area contributed by atoms with E-state index in [1.165, 1.54) is 12.1 Å². The number of carbonyl (C=O) groups excluding carboxylic acids is 1. The van der Waals surface area contributed by atoms with Crippen molar-refractivity contribution in [2.24, 2.45) is 0 Å². The molecule has 2 rings (SSSR count). The van der Waals surface area contributed by atoms with Crippen molar-refractivity contribution in [2.75, 3.05) is 13.2 Å². The van der Waals surface area contributed by atoms with Gasteiger partial charge in [-0.25, -0.2) is 9.18 Å². The molecule has 116 valence electrons. The summed E-state index contributed by atoms with van der Waals surface area (Å²) < 4.78 is 13.1. The zero-order chi connectivity index (χ0) is 15.9. The first kappa shape index (κ1) is 16.3. The predicted molar refractivity (Wildman–Crippen MR) is 83.3 cm³/mol. The third-order valence-electron chi connectivity index (χ3n) is 3.09. The van der Waals surface area contributed by atoms with Crippen LogP contribution in [0, 0.1) is 5.82 Å². The van der Waals surface area contributed by atoms with Crippen LogP contribution in [0.15, 0.2) is 48.5 Å². The van der Waals surface area contributed by atoms with E-state index in [2.05, 4.69) is 10.6 Å². The van der Waals surface area contributed by atoms with Crippen molar-refractivity contribution < 1.29 is 14.3 Å². The molecule has 0 fully saturated rings. The largest absolute Gasteiger partial charge is 0.395 e. The molecule has 3 N–H and O–H groups in total. The van der Waals surface area contributed by atoms with Crippen molar-refractivity contribution in [1.29, 1.82) is 0 Å². The summed E-state index contributed by atoms with van der Waals surface area (Å²) >= 11 is 6.20. The minimum atomic E-state index is -0.520. The molecule has 1 unspecified atom stereocenters. The summed E-state index contributed by atoms with van der Waals surface area (Å²) in [7, 11) is 0.